The van der Waals surface area contributed by atoms with Gasteiger partial charge in [0.1, 0.15) is 0 Å². The van der Waals surface area contributed by atoms with Gasteiger partial charge in [0.25, 0.3) is 0 Å². The lowest BCUT2D eigenvalue weighted by Gasteiger charge is -2.09. The second kappa shape index (κ2) is 5.57. The van der Waals surface area contributed by atoms with Gasteiger partial charge < -0.3 is 14.6 Å². The Balaban J connectivity index is 3.52. The van der Waals surface area contributed by atoms with Gasteiger partial charge in [-0.25, -0.2) is 0 Å². The molecular formula is C8H13O4-. The third-order valence-electron chi connectivity index (χ3n) is 1.58. The Morgan fingerprint density at radius 1 is 1.50 bits per heavy atom. The number of aliphatic carboxylic acids is 1. The molecule has 0 aromatic rings. The number of methoxy groups -OCH3 is 1. The van der Waals surface area contributed by atoms with Crippen LogP contribution in [-0.2, 0) is 14.3 Å². The monoisotopic (exact) mass is 173 g/mol. The number of esters is 1. The number of hydrogen-bond acceptors (Lipinski definition) is 4. The fraction of sp³-hybridized carbons (Fsp3) is 0.750. The summed E-state index contributed by atoms with van der Waals surface area (Å²) in [5, 5.41) is 10.0. The highest BCUT2D eigenvalue weighted by Gasteiger charge is 2.08. The highest BCUT2D eigenvalue weighted by atomic mass is 16.5. The van der Waals surface area contributed by atoms with Gasteiger partial charge in [-0.05, 0) is 18.8 Å². The van der Waals surface area contributed by atoms with Gasteiger partial charge in [-0.3, -0.25) is 4.79 Å². The molecule has 0 radical (unpaired) electrons. The summed E-state index contributed by atoms with van der Waals surface area (Å²) in [5.74, 6) is -1.34. The number of carboxylic acids is 1. The van der Waals surface area contributed by atoms with Gasteiger partial charge in [-0.2, -0.15) is 0 Å². The SMILES string of the molecule is COC(=O)C[C@@H](C)CCC(=O)[O-]. The molecule has 0 fully saturated rings. The maximum Gasteiger partial charge on any atom is 0.305 e. The van der Waals surface area contributed by atoms with E-state index in [-0.39, 0.29) is 24.7 Å². The molecular weight excluding hydrogens is 160 g/mol. The highest BCUT2D eigenvalue weighted by Crippen LogP contribution is 2.09. The molecule has 0 amide bonds. The zero-order valence-electron chi connectivity index (χ0n) is 7.33. The summed E-state index contributed by atoms with van der Waals surface area (Å²) in [6.45, 7) is 1.81. The maximum atomic E-state index is 10.7. The Labute approximate surface area is 71.5 Å². The molecule has 0 saturated heterocycles. The quantitative estimate of drug-likeness (QED) is 0.536. The first-order valence-electron chi connectivity index (χ1n) is 3.83. The number of hydrogen-bond donors (Lipinski definition) is 0. The van der Waals surface area contributed by atoms with Crippen molar-refractivity contribution in [3.63, 3.8) is 0 Å². The average molecular weight is 173 g/mol. The van der Waals surface area contributed by atoms with E-state index in [0.29, 0.717) is 6.42 Å². The molecule has 0 saturated carbocycles. The van der Waals surface area contributed by atoms with E-state index in [1.165, 1.54) is 7.11 Å². The van der Waals surface area contributed by atoms with Crippen LogP contribution in [0, 0.1) is 5.92 Å². The van der Waals surface area contributed by atoms with Gasteiger partial charge in [0.15, 0.2) is 0 Å². The molecule has 0 aromatic carbocycles. The Bertz CT molecular complexity index is 164. The number of carbonyl (C=O) groups is 2. The van der Waals surface area contributed by atoms with Crippen LogP contribution < -0.4 is 5.11 Å². The van der Waals surface area contributed by atoms with Crippen molar-refractivity contribution < 1.29 is 19.4 Å². The molecule has 1 atom stereocenters. The summed E-state index contributed by atoms with van der Waals surface area (Å²) in [6, 6.07) is 0. The Hall–Kier alpha value is -1.06. The molecule has 0 spiro atoms. The van der Waals surface area contributed by atoms with Gasteiger partial charge in [0, 0.05) is 12.4 Å². The maximum absolute atomic E-state index is 10.7. The van der Waals surface area contributed by atoms with Crippen LogP contribution in [0.1, 0.15) is 26.2 Å². The zero-order chi connectivity index (χ0) is 9.56. The molecule has 70 valence electrons. The molecule has 12 heavy (non-hydrogen) atoms. The standard InChI is InChI=1S/C8H14O4/c1-6(3-4-7(9)10)5-8(11)12-2/h6H,3-5H2,1-2H3,(H,9,10)/p-1/t6-/m0/s1. The second-order valence-corrected chi connectivity index (χ2v) is 2.80. The molecule has 0 aliphatic carbocycles. The van der Waals surface area contributed by atoms with E-state index in [1.54, 1.807) is 6.92 Å². The summed E-state index contributed by atoms with van der Waals surface area (Å²) >= 11 is 0. The molecule has 0 rings (SSSR count). The molecule has 0 aromatic heterocycles. The van der Waals surface area contributed by atoms with E-state index in [4.69, 9.17) is 0 Å². The van der Waals surface area contributed by atoms with Crippen LogP contribution in [0.2, 0.25) is 0 Å². The summed E-state index contributed by atoms with van der Waals surface area (Å²) in [4.78, 5) is 20.7. The van der Waals surface area contributed by atoms with E-state index < -0.39 is 5.97 Å². The lowest BCUT2D eigenvalue weighted by Crippen LogP contribution is -2.22. The van der Waals surface area contributed by atoms with Crippen molar-refractivity contribution in [3.05, 3.63) is 0 Å². The Morgan fingerprint density at radius 2 is 2.08 bits per heavy atom. The average Bonchev–Trinajstić information content (AvgIpc) is 2.00. The summed E-state index contributed by atoms with van der Waals surface area (Å²) in [7, 11) is 1.31. The summed E-state index contributed by atoms with van der Waals surface area (Å²) in [6.07, 6.45) is 0.722. The van der Waals surface area contributed by atoms with Crippen molar-refractivity contribution in [3.8, 4) is 0 Å². The molecule has 0 unspecified atom stereocenters. The molecule has 0 bridgehead atoms. The highest BCUT2D eigenvalue weighted by molar-refractivity contribution is 5.69. The lowest BCUT2D eigenvalue weighted by molar-refractivity contribution is -0.306. The fourth-order valence-corrected chi connectivity index (χ4v) is 0.834. The van der Waals surface area contributed by atoms with Crippen molar-refractivity contribution in [2.24, 2.45) is 5.92 Å². The van der Waals surface area contributed by atoms with Crippen molar-refractivity contribution >= 4 is 11.9 Å². The van der Waals surface area contributed by atoms with Crippen LogP contribution in [0.25, 0.3) is 0 Å². The molecule has 4 heteroatoms. The minimum Gasteiger partial charge on any atom is -0.550 e. The van der Waals surface area contributed by atoms with Crippen LogP contribution in [0.3, 0.4) is 0 Å². The van der Waals surface area contributed by atoms with E-state index in [9.17, 15) is 14.7 Å². The predicted octanol–water partition coefficient (Wildman–Crippen LogP) is -0.284. The largest absolute Gasteiger partial charge is 0.550 e. The number of carboxylic acid groups (broad SMARTS) is 1. The van der Waals surface area contributed by atoms with Crippen LogP contribution in [0.4, 0.5) is 0 Å². The molecule has 4 nitrogen and oxygen atoms in total. The predicted molar refractivity (Wildman–Crippen MR) is 40.0 cm³/mol. The second-order valence-electron chi connectivity index (χ2n) is 2.80. The fourth-order valence-electron chi connectivity index (χ4n) is 0.834. The smallest absolute Gasteiger partial charge is 0.305 e. The topological polar surface area (TPSA) is 66.4 Å². The summed E-state index contributed by atoms with van der Waals surface area (Å²) < 4.78 is 4.43. The number of carbonyl (C=O) groups excluding carboxylic acids is 2. The van der Waals surface area contributed by atoms with Gasteiger partial charge in [0.05, 0.1) is 7.11 Å². The van der Waals surface area contributed by atoms with Gasteiger partial charge in [0.2, 0.25) is 0 Å². The van der Waals surface area contributed by atoms with Crippen LogP contribution in [0.5, 0.6) is 0 Å². The van der Waals surface area contributed by atoms with E-state index >= 15 is 0 Å². The van der Waals surface area contributed by atoms with Crippen molar-refractivity contribution in [2.45, 2.75) is 26.2 Å². The first kappa shape index (κ1) is 10.9. The molecule has 0 N–H and O–H groups in total. The third-order valence-corrected chi connectivity index (χ3v) is 1.58. The first-order valence-corrected chi connectivity index (χ1v) is 3.83. The van der Waals surface area contributed by atoms with E-state index in [2.05, 4.69) is 4.74 Å². The minimum atomic E-state index is -1.08. The lowest BCUT2D eigenvalue weighted by atomic mass is 10.0. The minimum absolute atomic E-state index is 0.00182. The Morgan fingerprint density at radius 3 is 2.50 bits per heavy atom. The molecule has 0 aliphatic rings. The number of rotatable bonds is 5. The van der Waals surface area contributed by atoms with E-state index in [0.717, 1.165) is 0 Å². The van der Waals surface area contributed by atoms with Crippen molar-refractivity contribution in [1.82, 2.24) is 0 Å². The zero-order valence-corrected chi connectivity index (χ0v) is 7.33. The van der Waals surface area contributed by atoms with Crippen molar-refractivity contribution in [2.75, 3.05) is 7.11 Å². The van der Waals surface area contributed by atoms with Crippen molar-refractivity contribution in [1.29, 1.82) is 0 Å². The van der Waals surface area contributed by atoms with Crippen LogP contribution in [0.15, 0.2) is 0 Å². The molecule has 0 heterocycles. The van der Waals surface area contributed by atoms with Gasteiger partial charge >= 0.3 is 5.97 Å². The Kier molecular flexibility index (Phi) is 5.08. The van der Waals surface area contributed by atoms with Crippen LogP contribution >= 0.6 is 0 Å². The van der Waals surface area contributed by atoms with Crippen LogP contribution in [-0.4, -0.2) is 19.0 Å². The third kappa shape index (κ3) is 5.70. The van der Waals surface area contributed by atoms with Gasteiger partial charge in [-0.15, -0.1) is 0 Å². The summed E-state index contributed by atoms with van der Waals surface area (Å²) in [5.41, 5.74) is 0. The van der Waals surface area contributed by atoms with Gasteiger partial charge in [-0.1, -0.05) is 6.92 Å². The number of ether oxygens (including phenoxy) is 1. The first-order chi connectivity index (χ1) is 5.56. The van der Waals surface area contributed by atoms with E-state index in [1.807, 2.05) is 0 Å². The molecule has 0 aliphatic heterocycles. The normalized spacial score (nSPS) is 12.2.